The summed E-state index contributed by atoms with van der Waals surface area (Å²) >= 11 is 4.75. The number of anilines is 1. The Hall–Kier alpha value is -2.74. The van der Waals surface area contributed by atoms with E-state index in [1.807, 2.05) is 39.1 Å². The molecule has 1 aromatic rings. The third-order valence-electron chi connectivity index (χ3n) is 4.57. The van der Waals surface area contributed by atoms with Gasteiger partial charge in [-0.25, -0.2) is 0 Å². The molecule has 6 nitrogen and oxygen atoms in total. The van der Waals surface area contributed by atoms with Gasteiger partial charge in [0.2, 0.25) is 0 Å². The van der Waals surface area contributed by atoms with Gasteiger partial charge in [-0.15, -0.1) is 0 Å². The van der Waals surface area contributed by atoms with Gasteiger partial charge in [0.25, 0.3) is 0 Å². The first-order valence-corrected chi connectivity index (χ1v) is 9.75. The molecule has 0 unspecified atom stereocenters. The van der Waals surface area contributed by atoms with E-state index in [-0.39, 0.29) is 18.6 Å². The number of benzene rings is 1. The fraction of sp³-hybridized carbons (Fsp3) is 0.333. The number of amides is 2. The first-order valence-electron chi connectivity index (χ1n) is 9.28. The zero-order valence-electron chi connectivity index (χ0n) is 16.9. The first-order chi connectivity index (χ1) is 13.9. The van der Waals surface area contributed by atoms with Crippen molar-refractivity contribution in [2.75, 3.05) is 18.5 Å². The molecule has 0 aromatic heterocycles. The Balaban J connectivity index is 2.38. The molecule has 1 aliphatic heterocycles. The van der Waals surface area contributed by atoms with Crippen LogP contribution in [0, 0.1) is 13.8 Å². The molecular weight excluding hydrogens is 387 g/mol. The number of carbonyl (C=O) groups is 2. The Morgan fingerprint density at radius 3 is 2.76 bits per heavy atom. The molecule has 0 radical (unpaired) electrons. The summed E-state index contributed by atoms with van der Waals surface area (Å²) in [7, 11) is 0. The van der Waals surface area contributed by atoms with Crippen LogP contribution in [0.25, 0.3) is 0 Å². The molecule has 0 aliphatic carbocycles. The molecule has 0 saturated carbocycles. The zero-order valence-corrected chi connectivity index (χ0v) is 17.8. The summed E-state index contributed by atoms with van der Waals surface area (Å²) in [6.07, 6.45) is 8.40. The Kier molecular flexibility index (Phi) is 8.33. The van der Waals surface area contributed by atoms with Crippen LogP contribution in [0.1, 0.15) is 34.8 Å². The minimum atomic E-state index is -0.644. The Bertz CT molecular complexity index is 866. The van der Waals surface area contributed by atoms with Gasteiger partial charge in [0, 0.05) is 0 Å². The predicted octanol–water partition coefficient (Wildman–Crippen LogP) is 4.46. The van der Waals surface area contributed by atoms with Crippen molar-refractivity contribution in [3.8, 4) is 0 Å². The minimum absolute atomic E-state index is 0.0819. The first kappa shape index (κ1) is 22.6. The summed E-state index contributed by atoms with van der Waals surface area (Å²) in [6, 6.07) is 3.36. The molecule has 1 N–H and O–H groups in total. The molecule has 2 amide bonds. The number of nitrogens with one attached hydrogen (secondary N) is 1. The second-order valence-corrected chi connectivity index (χ2v) is 6.89. The number of carbonyl (C=O) groups excluding carboxylic acids is 2. The van der Waals surface area contributed by atoms with Crippen LogP contribution >= 0.6 is 12.1 Å². The number of aryl methyl sites for hydroxylation is 2. The van der Waals surface area contributed by atoms with Gasteiger partial charge in [0.1, 0.15) is 0 Å². The van der Waals surface area contributed by atoms with Crippen molar-refractivity contribution in [3.63, 3.8) is 0 Å². The van der Waals surface area contributed by atoms with Crippen molar-refractivity contribution in [1.29, 1.82) is 0 Å². The van der Waals surface area contributed by atoms with Gasteiger partial charge in [-0.1, -0.05) is 6.58 Å². The number of nitrogens with zero attached hydrogens (tertiary/aromatic N) is 1. The molecule has 0 saturated heterocycles. The van der Waals surface area contributed by atoms with Crippen molar-refractivity contribution in [3.05, 3.63) is 65.4 Å². The Morgan fingerprint density at radius 1 is 1.38 bits per heavy atom. The van der Waals surface area contributed by atoms with Crippen LogP contribution in [0.5, 0.6) is 0 Å². The molecule has 1 atom stereocenters. The molecule has 8 heteroatoms. The van der Waals surface area contributed by atoms with Crippen LogP contribution in [0.4, 0.5) is 10.5 Å². The summed E-state index contributed by atoms with van der Waals surface area (Å²) in [5.74, 6) is -0.232. The fourth-order valence-corrected chi connectivity index (χ4v) is 3.14. The number of allylic oxidation sites excluding steroid dienone is 2. The number of hydrogen-bond acceptors (Lipinski definition) is 5. The number of rotatable bonds is 8. The van der Waals surface area contributed by atoms with Gasteiger partial charge in [0.05, 0.1) is 0 Å². The third kappa shape index (κ3) is 5.87. The summed E-state index contributed by atoms with van der Waals surface area (Å²) in [5, 5.41) is 2.67. The molecule has 2 rings (SSSR count). The fourth-order valence-electron chi connectivity index (χ4n) is 3.06. The summed E-state index contributed by atoms with van der Waals surface area (Å²) < 4.78 is 10.3. The molecular formula is C21H25BN2O4S. The molecule has 0 spiro atoms. The standard InChI is InChI=1S/C21H25BN2O4S/c1-5-7-16-11-17(13-28-22-29)24(12-16)20(25)18-9-14(3)15(4)10-19(18)23-21(26)27-8-6-2/h5-7,9-10,12,17H,2,8,11,13H2,1,3-4H3,(H,23,26)/b7-5+/t17-/m0/s1. The zero-order chi connectivity index (χ0) is 21.4. The predicted molar refractivity (Wildman–Crippen MR) is 118 cm³/mol. The van der Waals surface area contributed by atoms with E-state index in [1.54, 1.807) is 17.0 Å². The van der Waals surface area contributed by atoms with E-state index in [2.05, 4.69) is 11.9 Å². The van der Waals surface area contributed by atoms with Gasteiger partial charge in [-0.3, -0.25) is 0 Å². The maximum atomic E-state index is 13.4. The normalized spacial score (nSPS) is 15.6. The molecule has 152 valence electrons. The number of hydrogen-bond donors (Lipinski definition) is 1. The van der Waals surface area contributed by atoms with Crippen LogP contribution in [-0.4, -0.2) is 42.5 Å². The summed E-state index contributed by atoms with van der Waals surface area (Å²) in [5.41, 5.74) is 3.70. The second-order valence-electron chi connectivity index (χ2n) is 6.70. The van der Waals surface area contributed by atoms with E-state index < -0.39 is 6.09 Å². The van der Waals surface area contributed by atoms with Crippen LogP contribution in [0.2, 0.25) is 0 Å². The van der Waals surface area contributed by atoms with E-state index >= 15 is 0 Å². The summed E-state index contributed by atoms with van der Waals surface area (Å²) in [6.45, 7) is 9.66. The molecule has 1 aromatic carbocycles. The molecule has 1 aliphatic rings. The maximum absolute atomic E-state index is 13.4. The third-order valence-corrected chi connectivity index (χ3v) is 4.71. The van der Waals surface area contributed by atoms with Crippen LogP contribution in [0.3, 0.4) is 0 Å². The Labute approximate surface area is 177 Å². The summed E-state index contributed by atoms with van der Waals surface area (Å²) in [4.78, 5) is 27.1. The van der Waals surface area contributed by atoms with Crippen molar-refractivity contribution in [1.82, 2.24) is 4.90 Å². The van der Waals surface area contributed by atoms with E-state index in [0.717, 1.165) is 16.7 Å². The SMILES string of the molecule is C=CCOC(=O)Nc1cc(C)c(C)cc1C(=O)N1C=C(/C=C/C)C[C@H]1COB=S. The molecule has 1 heterocycles. The van der Waals surface area contributed by atoms with Crippen molar-refractivity contribution < 1.29 is 19.0 Å². The molecule has 29 heavy (non-hydrogen) atoms. The number of ether oxygens (including phenoxy) is 1. The average molecular weight is 412 g/mol. The second kappa shape index (κ2) is 10.7. The monoisotopic (exact) mass is 412 g/mol. The van der Waals surface area contributed by atoms with Crippen LogP contribution in [0.15, 0.2) is 48.7 Å². The molecule has 0 bridgehead atoms. The Morgan fingerprint density at radius 2 is 2.10 bits per heavy atom. The van der Waals surface area contributed by atoms with Crippen LogP contribution in [-0.2, 0) is 9.39 Å². The van der Waals surface area contributed by atoms with Crippen molar-refractivity contribution >= 4 is 36.1 Å². The van der Waals surface area contributed by atoms with E-state index in [9.17, 15) is 9.59 Å². The quantitative estimate of drug-likeness (QED) is 0.504. The topological polar surface area (TPSA) is 67.9 Å². The van der Waals surface area contributed by atoms with Gasteiger partial charge in [-0.2, -0.15) is 0 Å². The molecule has 0 fully saturated rings. The van der Waals surface area contributed by atoms with Gasteiger partial charge >= 0.3 is 171 Å². The van der Waals surface area contributed by atoms with E-state index in [1.165, 1.54) is 12.4 Å². The van der Waals surface area contributed by atoms with Crippen molar-refractivity contribution in [2.45, 2.75) is 33.2 Å². The van der Waals surface area contributed by atoms with Crippen LogP contribution < -0.4 is 5.32 Å². The van der Waals surface area contributed by atoms with Gasteiger partial charge in [0.15, 0.2) is 0 Å². The van der Waals surface area contributed by atoms with E-state index in [0.29, 0.717) is 24.3 Å². The average Bonchev–Trinajstić information content (AvgIpc) is 3.09. The van der Waals surface area contributed by atoms with Crippen molar-refractivity contribution in [2.24, 2.45) is 0 Å². The van der Waals surface area contributed by atoms with Gasteiger partial charge in [-0.05, 0) is 0 Å². The van der Waals surface area contributed by atoms with E-state index in [4.69, 9.17) is 21.4 Å². The van der Waals surface area contributed by atoms with Gasteiger partial charge < -0.3 is 0 Å².